The van der Waals surface area contributed by atoms with Gasteiger partial charge in [0.1, 0.15) is 17.1 Å². The number of unbranched alkanes of at least 4 members (excludes halogenated alkanes) is 12. The summed E-state index contributed by atoms with van der Waals surface area (Å²) in [6.07, 6.45) is 18.8. The Morgan fingerprint density at radius 1 is 0.863 bits per heavy atom. The summed E-state index contributed by atoms with van der Waals surface area (Å²) in [6.45, 7) is 8.74. The number of sulfonamides is 1. The highest BCUT2D eigenvalue weighted by atomic mass is 32.2. The molecule has 1 aromatic carbocycles. The lowest BCUT2D eigenvalue weighted by molar-refractivity contribution is -0.137. The predicted octanol–water partition coefficient (Wildman–Crippen LogP) is 7.16. The molecule has 51 heavy (non-hydrogen) atoms. The summed E-state index contributed by atoms with van der Waals surface area (Å²) in [5, 5.41) is 12.9. The Bertz CT molecular complexity index is 1660. The molecule has 0 amide bonds. The largest absolute Gasteiger partial charge is 0.493 e. The van der Waals surface area contributed by atoms with Gasteiger partial charge in [-0.15, -0.1) is 0 Å². The van der Waals surface area contributed by atoms with E-state index in [0.717, 1.165) is 25.0 Å². The van der Waals surface area contributed by atoms with Crippen LogP contribution >= 0.6 is 0 Å². The first-order chi connectivity index (χ1) is 24.5. The van der Waals surface area contributed by atoms with Crippen molar-refractivity contribution in [2.75, 3.05) is 39.8 Å². The molecule has 0 spiro atoms. The minimum absolute atomic E-state index is 0.147. The molecule has 0 bridgehead atoms. The molecule has 0 unspecified atom stereocenters. The maximum atomic E-state index is 13.3. The van der Waals surface area contributed by atoms with E-state index in [9.17, 15) is 18.0 Å². The van der Waals surface area contributed by atoms with Crippen molar-refractivity contribution in [2.45, 2.75) is 128 Å². The van der Waals surface area contributed by atoms with Crippen molar-refractivity contribution in [1.29, 1.82) is 0 Å². The standard InChI is InChI=1S/C22H30N6O4S.C16H32O2/c1-5-7-17-19-20(27(4)25-17)22(29)24-21(23-19)16-14-15(8-9-18(16)32-6-2)33(30,31)28-12-10-26(3)11-13-28;1-2-3-4-5-6-7-8-9-10-11-12-13-14-15-16(17)18/h8-9,14H,5-7,10-13H2,1-4H3,(H,23,24,29);2-15H2,1H3,(H,17,18). The van der Waals surface area contributed by atoms with E-state index in [1.807, 2.05) is 20.9 Å². The van der Waals surface area contributed by atoms with E-state index in [0.29, 0.717) is 68.0 Å². The van der Waals surface area contributed by atoms with Crippen LogP contribution in [-0.4, -0.2) is 88.3 Å². The number of nitrogens with zero attached hydrogens (tertiary/aromatic N) is 5. The fraction of sp³-hybridized carbons (Fsp3) is 0.684. The van der Waals surface area contributed by atoms with Gasteiger partial charge in [0.15, 0.2) is 5.52 Å². The van der Waals surface area contributed by atoms with Gasteiger partial charge in [-0.05, 0) is 45.0 Å². The lowest BCUT2D eigenvalue weighted by Crippen LogP contribution is -2.47. The van der Waals surface area contributed by atoms with Gasteiger partial charge < -0.3 is 19.7 Å². The third-order valence-corrected chi connectivity index (χ3v) is 11.2. The van der Waals surface area contributed by atoms with Gasteiger partial charge in [0.05, 0.1) is 22.8 Å². The number of fused-ring (bicyclic) bond motifs is 1. The quantitative estimate of drug-likeness (QED) is 0.109. The second-order valence-electron chi connectivity index (χ2n) is 13.6. The van der Waals surface area contributed by atoms with Gasteiger partial charge in [-0.1, -0.05) is 97.3 Å². The van der Waals surface area contributed by atoms with E-state index in [4.69, 9.17) is 14.8 Å². The maximum Gasteiger partial charge on any atom is 0.303 e. The number of carbonyl (C=O) groups is 1. The molecular weight excluding hydrogens is 669 g/mol. The normalized spacial score (nSPS) is 14.1. The maximum absolute atomic E-state index is 13.3. The topological polar surface area (TPSA) is 151 Å². The number of aryl methyl sites for hydroxylation is 2. The third kappa shape index (κ3) is 13.0. The van der Waals surface area contributed by atoms with Crippen molar-refractivity contribution >= 4 is 27.0 Å². The van der Waals surface area contributed by atoms with Crippen LogP contribution in [0.25, 0.3) is 22.4 Å². The number of aromatic nitrogens is 4. The molecular formula is C38H62N6O6S. The van der Waals surface area contributed by atoms with Crippen LogP contribution < -0.4 is 10.3 Å². The second-order valence-corrected chi connectivity index (χ2v) is 15.6. The van der Waals surface area contributed by atoms with E-state index < -0.39 is 16.0 Å². The first kappa shape index (κ1) is 42.1. The van der Waals surface area contributed by atoms with Gasteiger partial charge >= 0.3 is 5.97 Å². The molecule has 0 aliphatic carbocycles. The van der Waals surface area contributed by atoms with Gasteiger partial charge in [-0.2, -0.15) is 9.40 Å². The van der Waals surface area contributed by atoms with E-state index in [1.54, 1.807) is 25.2 Å². The molecule has 1 aliphatic rings. The fourth-order valence-corrected chi connectivity index (χ4v) is 7.84. The Morgan fingerprint density at radius 2 is 1.45 bits per heavy atom. The number of piperazine rings is 1. The van der Waals surface area contributed by atoms with Crippen LogP contribution in [-0.2, 0) is 28.3 Å². The molecule has 1 saturated heterocycles. The molecule has 1 aliphatic heterocycles. The molecule has 3 aromatic rings. The molecule has 12 nitrogen and oxygen atoms in total. The predicted molar refractivity (Wildman–Crippen MR) is 204 cm³/mol. The number of hydrogen-bond donors (Lipinski definition) is 2. The Morgan fingerprint density at radius 3 is 2.00 bits per heavy atom. The number of ether oxygens (including phenoxy) is 1. The summed E-state index contributed by atoms with van der Waals surface area (Å²) < 4.78 is 35.4. The molecule has 2 N–H and O–H groups in total. The van der Waals surface area contributed by atoms with Gasteiger partial charge in [-0.25, -0.2) is 13.4 Å². The van der Waals surface area contributed by atoms with Crippen LogP contribution in [0.3, 0.4) is 0 Å². The molecule has 1 fully saturated rings. The number of likely N-dealkylation sites (N-methyl/N-ethyl adjacent to an activating group) is 1. The number of aromatic amines is 1. The minimum atomic E-state index is -3.70. The third-order valence-electron chi connectivity index (χ3n) is 9.35. The summed E-state index contributed by atoms with van der Waals surface area (Å²) in [5.74, 6) is 0.0630. The highest BCUT2D eigenvalue weighted by molar-refractivity contribution is 7.89. The Labute approximate surface area is 305 Å². The van der Waals surface area contributed by atoms with Gasteiger partial charge in [0, 0.05) is 39.6 Å². The summed E-state index contributed by atoms with van der Waals surface area (Å²) in [5.41, 5.74) is 1.75. The first-order valence-corrected chi connectivity index (χ1v) is 20.6. The zero-order chi connectivity index (χ0) is 37.2. The van der Waals surface area contributed by atoms with Crippen molar-refractivity contribution in [2.24, 2.45) is 7.05 Å². The molecule has 3 heterocycles. The summed E-state index contributed by atoms with van der Waals surface area (Å²) in [4.78, 5) is 33.0. The highest BCUT2D eigenvalue weighted by Gasteiger charge is 2.29. The summed E-state index contributed by atoms with van der Waals surface area (Å²) in [6, 6.07) is 4.71. The number of carboxylic acids is 1. The van der Waals surface area contributed by atoms with Crippen molar-refractivity contribution in [3.05, 3.63) is 34.2 Å². The highest BCUT2D eigenvalue weighted by Crippen LogP contribution is 2.32. The molecule has 4 rings (SSSR count). The number of benzene rings is 1. The minimum Gasteiger partial charge on any atom is -0.493 e. The van der Waals surface area contributed by atoms with E-state index in [2.05, 4.69) is 21.9 Å². The van der Waals surface area contributed by atoms with Crippen molar-refractivity contribution in [1.82, 2.24) is 29.0 Å². The van der Waals surface area contributed by atoms with E-state index >= 15 is 0 Å². The van der Waals surface area contributed by atoms with Gasteiger partial charge in [0.2, 0.25) is 10.0 Å². The molecule has 0 saturated carbocycles. The van der Waals surface area contributed by atoms with Crippen molar-refractivity contribution < 1.29 is 23.1 Å². The van der Waals surface area contributed by atoms with E-state index in [-0.39, 0.29) is 16.3 Å². The molecule has 2 aromatic heterocycles. The molecule has 13 heteroatoms. The van der Waals surface area contributed by atoms with Crippen LogP contribution in [0.2, 0.25) is 0 Å². The zero-order valence-electron chi connectivity index (χ0n) is 31.7. The average molecular weight is 731 g/mol. The number of nitrogens with one attached hydrogen (secondary N) is 1. The molecule has 0 radical (unpaired) electrons. The number of aliphatic carboxylic acids is 1. The van der Waals surface area contributed by atoms with Crippen LogP contribution in [0.5, 0.6) is 5.75 Å². The van der Waals surface area contributed by atoms with Crippen LogP contribution in [0.1, 0.15) is 123 Å². The Hall–Kier alpha value is -3.29. The van der Waals surface area contributed by atoms with Crippen molar-refractivity contribution in [3.8, 4) is 17.1 Å². The fourth-order valence-electron chi connectivity index (χ4n) is 6.39. The smallest absolute Gasteiger partial charge is 0.303 e. The number of hydrogen-bond acceptors (Lipinski definition) is 8. The molecule has 0 atom stereocenters. The number of H-pyrrole nitrogens is 1. The van der Waals surface area contributed by atoms with Crippen LogP contribution in [0.15, 0.2) is 27.9 Å². The lowest BCUT2D eigenvalue weighted by atomic mass is 10.0. The van der Waals surface area contributed by atoms with Crippen molar-refractivity contribution in [3.63, 3.8) is 0 Å². The first-order valence-electron chi connectivity index (χ1n) is 19.2. The Balaban J connectivity index is 0.000000333. The van der Waals surface area contributed by atoms with Crippen LogP contribution in [0, 0.1) is 0 Å². The monoisotopic (exact) mass is 730 g/mol. The van der Waals surface area contributed by atoms with Crippen LogP contribution in [0.4, 0.5) is 0 Å². The van der Waals surface area contributed by atoms with E-state index in [1.165, 1.54) is 79.6 Å². The second kappa shape index (κ2) is 21.9. The Kier molecular flexibility index (Phi) is 18.1. The van der Waals surface area contributed by atoms with Gasteiger partial charge in [-0.3, -0.25) is 14.3 Å². The molecule has 286 valence electrons. The summed E-state index contributed by atoms with van der Waals surface area (Å²) >= 11 is 0. The zero-order valence-corrected chi connectivity index (χ0v) is 32.5. The number of rotatable bonds is 21. The average Bonchev–Trinajstić information content (AvgIpc) is 3.42. The lowest BCUT2D eigenvalue weighted by Gasteiger charge is -2.31. The number of carboxylic acid groups (broad SMARTS) is 1. The SMILES string of the molecule is CCCCCCCCCCCCCCCC(=O)O.CCCc1nn(C)c2c(=O)[nH]c(-c3cc(S(=O)(=O)N4CCN(C)CC4)ccc3OCC)nc12. The van der Waals surface area contributed by atoms with Gasteiger partial charge in [0.25, 0.3) is 5.56 Å². The summed E-state index contributed by atoms with van der Waals surface area (Å²) in [7, 11) is -0.00831.